The van der Waals surface area contributed by atoms with E-state index in [2.05, 4.69) is 0 Å². The van der Waals surface area contributed by atoms with Crippen LogP contribution in [0.25, 0.3) is 0 Å². The van der Waals surface area contributed by atoms with E-state index in [0.29, 0.717) is 5.75 Å². The van der Waals surface area contributed by atoms with Crippen molar-refractivity contribution in [2.75, 3.05) is 12.4 Å². The smallest absolute Gasteiger partial charge is 0.114 e. The minimum atomic E-state index is -0.519. The zero-order valence-corrected chi connectivity index (χ0v) is 8.73. The van der Waals surface area contributed by atoms with Gasteiger partial charge >= 0.3 is 0 Å². The molecule has 0 saturated heterocycles. The summed E-state index contributed by atoms with van der Waals surface area (Å²) in [5, 5.41) is 8.93. The first-order valence-electron chi connectivity index (χ1n) is 4.12. The number of hydrogen-bond acceptors (Lipinski definition) is 4. The van der Waals surface area contributed by atoms with Crippen LogP contribution < -0.4 is 5.73 Å². The van der Waals surface area contributed by atoms with Gasteiger partial charge in [0, 0.05) is 16.2 Å². The third-order valence-electron chi connectivity index (χ3n) is 1.73. The summed E-state index contributed by atoms with van der Waals surface area (Å²) in [5.41, 5.74) is 5.26. The average molecular weight is 201 g/mol. The topological polar surface area (TPSA) is 59.4 Å². The van der Waals surface area contributed by atoms with Crippen LogP contribution in [-0.2, 0) is 0 Å². The van der Waals surface area contributed by atoms with Crippen molar-refractivity contribution in [2.45, 2.75) is 24.3 Å². The molecule has 0 aromatic carbocycles. The molecule has 1 aromatic rings. The normalized spacial score (nSPS) is 15.7. The van der Waals surface area contributed by atoms with Gasteiger partial charge < -0.3 is 15.3 Å². The Balaban J connectivity index is 2.48. The predicted molar refractivity (Wildman–Crippen MR) is 53.8 cm³/mol. The molecular weight excluding hydrogens is 186 g/mol. The van der Waals surface area contributed by atoms with E-state index in [4.69, 9.17) is 15.3 Å². The molecule has 1 heterocycles. The van der Waals surface area contributed by atoms with Crippen molar-refractivity contribution in [3.8, 4) is 0 Å². The van der Waals surface area contributed by atoms with Crippen molar-refractivity contribution in [1.29, 1.82) is 0 Å². The van der Waals surface area contributed by atoms with Gasteiger partial charge in [0.15, 0.2) is 0 Å². The van der Waals surface area contributed by atoms with Crippen LogP contribution in [0.3, 0.4) is 0 Å². The highest BCUT2D eigenvalue weighted by atomic mass is 32.2. The number of aryl methyl sites for hydroxylation is 1. The molecule has 0 aliphatic carbocycles. The quantitative estimate of drug-likeness (QED) is 0.723. The number of furan rings is 1. The molecule has 1 atom stereocenters. The number of nitrogens with two attached hydrogens (primary N) is 1. The lowest BCUT2D eigenvalue weighted by Crippen LogP contribution is -2.42. The summed E-state index contributed by atoms with van der Waals surface area (Å²) in [7, 11) is 0. The standard InChI is InChI=1S/C9H15NO2S/c1-7-8(3-4-12-7)13-6-9(2,10)5-11/h3-4,11H,5-6,10H2,1-2H3. The number of thioether (sulfide) groups is 1. The number of aliphatic hydroxyl groups excluding tert-OH is 1. The lowest BCUT2D eigenvalue weighted by atomic mass is 10.1. The van der Waals surface area contributed by atoms with Crippen LogP contribution in [0.1, 0.15) is 12.7 Å². The molecule has 0 aliphatic heterocycles. The van der Waals surface area contributed by atoms with Crippen LogP contribution in [0.4, 0.5) is 0 Å². The second kappa shape index (κ2) is 4.17. The number of aliphatic hydroxyl groups is 1. The Morgan fingerprint density at radius 1 is 1.69 bits per heavy atom. The SMILES string of the molecule is Cc1occc1SCC(C)(N)CO. The Labute approximate surface area is 82.3 Å². The van der Waals surface area contributed by atoms with E-state index in [1.807, 2.05) is 19.9 Å². The maximum absolute atomic E-state index is 8.93. The monoisotopic (exact) mass is 201 g/mol. The summed E-state index contributed by atoms with van der Waals surface area (Å²) < 4.78 is 5.14. The molecule has 0 spiro atoms. The summed E-state index contributed by atoms with van der Waals surface area (Å²) in [4.78, 5) is 1.09. The maximum atomic E-state index is 8.93. The van der Waals surface area contributed by atoms with Crippen LogP contribution in [0.2, 0.25) is 0 Å². The molecule has 4 heteroatoms. The third kappa shape index (κ3) is 3.06. The molecule has 3 N–H and O–H groups in total. The van der Waals surface area contributed by atoms with E-state index >= 15 is 0 Å². The molecule has 74 valence electrons. The van der Waals surface area contributed by atoms with E-state index in [9.17, 15) is 0 Å². The van der Waals surface area contributed by atoms with Crippen molar-refractivity contribution < 1.29 is 9.52 Å². The third-order valence-corrected chi connectivity index (χ3v) is 3.27. The van der Waals surface area contributed by atoms with Gasteiger partial charge in [-0.1, -0.05) is 0 Å². The Morgan fingerprint density at radius 3 is 2.85 bits per heavy atom. The molecule has 0 amide bonds. The average Bonchev–Trinajstić information content (AvgIpc) is 2.48. The van der Waals surface area contributed by atoms with Crippen LogP contribution in [-0.4, -0.2) is 23.0 Å². The minimum absolute atomic E-state index is 0.00308. The van der Waals surface area contributed by atoms with Crippen molar-refractivity contribution in [3.63, 3.8) is 0 Å². The zero-order chi connectivity index (χ0) is 9.90. The lowest BCUT2D eigenvalue weighted by Gasteiger charge is -2.20. The van der Waals surface area contributed by atoms with Gasteiger partial charge in [-0.25, -0.2) is 0 Å². The van der Waals surface area contributed by atoms with E-state index < -0.39 is 5.54 Å². The molecule has 0 fully saturated rings. The van der Waals surface area contributed by atoms with Crippen LogP contribution in [0.15, 0.2) is 21.6 Å². The highest BCUT2D eigenvalue weighted by Crippen LogP contribution is 2.25. The largest absolute Gasteiger partial charge is 0.468 e. The first kappa shape index (κ1) is 10.6. The molecule has 1 rings (SSSR count). The lowest BCUT2D eigenvalue weighted by molar-refractivity contribution is 0.224. The minimum Gasteiger partial charge on any atom is -0.468 e. The van der Waals surface area contributed by atoms with E-state index in [1.54, 1.807) is 18.0 Å². The fraction of sp³-hybridized carbons (Fsp3) is 0.556. The van der Waals surface area contributed by atoms with Gasteiger partial charge in [-0.15, -0.1) is 11.8 Å². The van der Waals surface area contributed by atoms with Gasteiger partial charge in [0.1, 0.15) is 5.76 Å². The highest BCUT2D eigenvalue weighted by Gasteiger charge is 2.17. The van der Waals surface area contributed by atoms with Crippen LogP contribution in [0.5, 0.6) is 0 Å². The number of rotatable bonds is 4. The van der Waals surface area contributed by atoms with Gasteiger partial charge in [-0.2, -0.15) is 0 Å². The molecule has 0 aliphatic rings. The number of hydrogen-bond donors (Lipinski definition) is 2. The van der Waals surface area contributed by atoms with Gasteiger partial charge in [0.05, 0.1) is 12.9 Å². The fourth-order valence-corrected chi connectivity index (χ4v) is 1.79. The molecule has 0 radical (unpaired) electrons. The Morgan fingerprint density at radius 2 is 2.38 bits per heavy atom. The Kier molecular flexibility index (Phi) is 3.41. The van der Waals surface area contributed by atoms with Crippen molar-refractivity contribution in [1.82, 2.24) is 0 Å². The highest BCUT2D eigenvalue weighted by molar-refractivity contribution is 7.99. The van der Waals surface area contributed by atoms with Crippen molar-refractivity contribution in [3.05, 3.63) is 18.1 Å². The predicted octanol–water partition coefficient (Wildman–Crippen LogP) is 1.39. The Bertz CT molecular complexity index is 270. The van der Waals surface area contributed by atoms with Crippen molar-refractivity contribution >= 4 is 11.8 Å². The molecule has 0 bridgehead atoms. The molecular formula is C9H15NO2S. The van der Waals surface area contributed by atoms with E-state index in [-0.39, 0.29) is 6.61 Å². The summed E-state index contributed by atoms with van der Waals surface area (Å²) in [6.07, 6.45) is 1.66. The van der Waals surface area contributed by atoms with Gasteiger partial charge in [-0.3, -0.25) is 0 Å². The van der Waals surface area contributed by atoms with Crippen LogP contribution in [0, 0.1) is 6.92 Å². The van der Waals surface area contributed by atoms with E-state index in [1.165, 1.54) is 0 Å². The first-order valence-corrected chi connectivity index (χ1v) is 5.10. The maximum Gasteiger partial charge on any atom is 0.114 e. The summed E-state index contributed by atoms with van der Waals surface area (Å²) in [6, 6.07) is 1.91. The molecule has 13 heavy (non-hydrogen) atoms. The molecule has 1 unspecified atom stereocenters. The fourth-order valence-electron chi connectivity index (χ4n) is 0.811. The first-order chi connectivity index (χ1) is 6.05. The van der Waals surface area contributed by atoms with Gasteiger partial charge in [0.2, 0.25) is 0 Å². The van der Waals surface area contributed by atoms with Gasteiger partial charge in [0.25, 0.3) is 0 Å². The molecule has 1 aromatic heterocycles. The molecule has 0 saturated carbocycles. The summed E-state index contributed by atoms with van der Waals surface area (Å²) >= 11 is 1.61. The molecule has 3 nitrogen and oxygen atoms in total. The Hall–Kier alpha value is -0.450. The summed E-state index contributed by atoms with van der Waals surface area (Å²) in [6.45, 7) is 3.74. The summed E-state index contributed by atoms with van der Waals surface area (Å²) in [5.74, 6) is 1.59. The van der Waals surface area contributed by atoms with Crippen LogP contribution >= 0.6 is 11.8 Å². The van der Waals surface area contributed by atoms with Gasteiger partial charge in [-0.05, 0) is 19.9 Å². The van der Waals surface area contributed by atoms with Crippen molar-refractivity contribution in [2.24, 2.45) is 5.73 Å². The zero-order valence-electron chi connectivity index (χ0n) is 7.91. The van der Waals surface area contributed by atoms with E-state index in [0.717, 1.165) is 10.7 Å². The second-order valence-electron chi connectivity index (χ2n) is 3.44. The second-order valence-corrected chi connectivity index (χ2v) is 4.46.